The maximum atomic E-state index is 13.1. The van der Waals surface area contributed by atoms with Gasteiger partial charge in [-0.3, -0.25) is 4.79 Å². The van der Waals surface area contributed by atoms with Gasteiger partial charge in [0, 0.05) is 31.6 Å². The van der Waals surface area contributed by atoms with Gasteiger partial charge in [-0.05, 0) is 18.8 Å². The summed E-state index contributed by atoms with van der Waals surface area (Å²) in [6, 6.07) is 1.07. The van der Waals surface area contributed by atoms with Gasteiger partial charge in [0.05, 0.1) is 0 Å². The third kappa shape index (κ3) is 3.27. The van der Waals surface area contributed by atoms with Crippen LogP contribution in [0.5, 0.6) is 0 Å². The van der Waals surface area contributed by atoms with Gasteiger partial charge in [0.1, 0.15) is 11.5 Å². The summed E-state index contributed by atoms with van der Waals surface area (Å²) >= 11 is 0. The lowest BCUT2D eigenvalue weighted by Gasteiger charge is -2.28. The molecule has 1 aliphatic rings. The quantitative estimate of drug-likeness (QED) is 0.862. The lowest BCUT2D eigenvalue weighted by Crippen LogP contribution is -2.35. The van der Waals surface area contributed by atoms with E-state index < -0.39 is 17.6 Å². The Hall–Kier alpha value is -1.46. The minimum absolute atomic E-state index is 0.0702. The van der Waals surface area contributed by atoms with Gasteiger partial charge in [0.15, 0.2) is 0 Å². The molecular formula is C12H15F3N2O. The number of H-pyrrole nitrogens is 1. The predicted molar refractivity (Wildman–Crippen MR) is 60.0 cm³/mol. The Morgan fingerprint density at radius 3 is 2.94 bits per heavy atom. The molecule has 2 rings (SSSR count). The normalized spacial score (nSPS) is 22.7. The monoisotopic (exact) mass is 260 g/mol. The average molecular weight is 260 g/mol. The summed E-state index contributed by atoms with van der Waals surface area (Å²) < 4.78 is 38.9. The number of carbonyl (C=O) groups excluding carboxylic acids is 1. The Morgan fingerprint density at radius 1 is 1.56 bits per heavy atom. The molecular weight excluding hydrogens is 245 g/mol. The van der Waals surface area contributed by atoms with Gasteiger partial charge in [-0.2, -0.15) is 0 Å². The fraction of sp³-hybridized carbons (Fsp3) is 0.583. The molecule has 100 valence electrons. The number of aromatic amines is 1. The predicted octanol–water partition coefficient (Wildman–Crippen LogP) is 2.71. The zero-order valence-corrected chi connectivity index (χ0v) is 9.81. The largest absolute Gasteiger partial charge is 0.355 e. The molecule has 0 spiro atoms. The first-order valence-corrected chi connectivity index (χ1v) is 5.96. The Balaban J connectivity index is 1.83. The molecule has 1 amide bonds. The summed E-state index contributed by atoms with van der Waals surface area (Å²) in [5, 5.41) is 2.55. The minimum Gasteiger partial charge on any atom is -0.355 e. The number of alkyl halides is 2. The van der Waals surface area contributed by atoms with E-state index in [0.29, 0.717) is 12.8 Å². The van der Waals surface area contributed by atoms with E-state index in [9.17, 15) is 18.0 Å². The molecule has 1 aliphatic carbocycles. The second kappa shape index (κ2) is 5.04. The van der Waals surface area contributed by atoms with Crippen LogP contribution in [0.25, 0.3) is 0 Å². The lowest BCUT2D eigenvalue weighted by molar-refractivity contribution is -0.0518. The first-order chi connectivity index (χ1) is 8.46. The summed E-state index contributed by atoms with van der Waals surface area (Å²) in [6.07, 6.45) is 1.98. The van der Waals surface area contributed by atoms with Gasteiger partial charge in [0.2, 0.25) is 5.92 Å². The second-order valence-corrected chi connectivity index (χ2v) is 4.76. The van der Waals surface area contributed by atoms with Crippen LogP contribution in [0.4, 0.5) is 13.2 Å². The van der Waals surface area contributed by atoms with Crippen molar-refractivity contribution in [1.29, 1.82) is 0 Å². The molecule has 18 heavy (non-hydrogen) atoms. The number of halogens is 3. The van der Waals surface area contributed by atoms with E-state index >= 15 is 0 Å². The molecule has 1 saturated carbocycles. The van der Waals surface area contributed by atoms with E-state index in [4.69, 9.17) is 0 Å². The van der Waals surface area contributed by atoms with Crippen LogP contribution in [0.3, 0.4) is 0 Å². The van der Waals surface area contributed by atoms with Crippen molar-refractivity contribution in [2.45, 2.75) is 31.6 Å². The molecule has 1 aromatic rings. The summed E-state index contributed by atoms with van der Waals surface area (Å²) in [5.41, 5.74) is 0.107. The summed E-state index contributed by atoms with van der Waals surface area (Å²) in [5.74, 6) is -3.82. The van der Waals surface area contributed by atoms with Crippen molar-refractivity contribution in [2.75, 3.05) is 6.54 Å². The topological polar surface area (TPSA) is 44.9 Å². The number of amides is 1. The Bertz CT molecular complexity index is 431. The molecule has 0 saturated heterocycles. The molecule has 3 nitrogen and oxygen atoms in total. The van der Waals surface area contributed by atoms with Crippen LogP contribution in [0.2, 0.25) is 0 Å². The molecule has 0 bridgehead atoms. The van der Waals surface area contributed by atoms with Crippen LogP contribution in [0.15, 0.2) is 12.3 Å². The lowest BCUT2D eigenvalue weighted by atomic mass is 9.86. The molecule has 1 unspecified atom stereocenters. The molecule has 0 aliphatic heterocycles. The van der Waals surface area contributed by atoms with Gasteiger partial charge in [0.25, 0.3) is 5.91 Å². The maximum absolute atomic E-state index is 13.1. The highest BCUT2D eigenvalue weighted by molar-refractivity contribution is 5.92. The highest BCUT2D eigenvalue weighted by atomic mass is 19.3. The minimum atomic E-state index is -2.62. The van der Waals surface area contributed by atoms with E-state index in [0.717, 1.165) is 12.3 Å². The standard InChI is InChI=1S/C12H15F3N2O/c13-9-4-10(16-7-9)11(18)17-6-8-2-1-3-12(14,15)5-8/h4,7-8,16H,1-3,5-6H2,(H,17,18). The van der Waals surface area contributed by atoms with Crippen molar-refractivity contribution < 1.29 is 18.0 Å². The van der Waals surface area contributed by atoms with Crippen molar-refractivity contribution in [3.8, 4) is 0 Å². The van der Waals surface area contributed by atoms with Crippen molar-refractivity contribution in [1.82, 2.24) is 10.3 Å². The molecule has 0 radical (unpaired) electrons. The molecule has 2 N–H and O–H groups in total. The molecule has 1 heterocycles. The van der Waals surface area contributed by atoms with Gasteiger partial charge < -0.3 is 10.3 Å². The fourth-order valence-corrected chi connectivity index (χ4v) is 2.28. The van der Waals surface area contributed by atoms with Crippen molar-refractivity contribution in [3.05, 3.63) is 23.8 Å². The Kier molecular flexibility index (Phi) is 3.63. The van der Waals surface area contributed by atoms with Crippen LogP contribution >= 0.6 is 0 Å². The number of aromatic nitrogens is 1. The molecule has 1 atom stereocenters. The van der Waals surface area contributed by atoms with Crippen LogP contribution in [0.1, 0.15) is 36.2 Å². The number of rotatable bonds is 3. The number of nitrogens with one attached hydrogen (secondary N) is 2. The molecule has 6 heteroatoms. The van der Waals surface area contributed by atoms with Crippen LogP contribution in [-0.4, -0.2) is 23.4 Å². The summed E-state index contributed by atoms with van der Waals surface area (Å²) in [7, 11) is 0. The molecule has 1 aromatic heterocycles. The maximum Gasteiger partial charge on any atom is 0.267 e. The van der Waals surface area contributed by atoms with E-state index in [-0.39, 0.29) is 31.0 Å². The number of hydrogen-bond donors (Lipinski definition) is 2. The van der Waals surface area contributed by atoms with Crippen LogP contribution in [0, 0.1) is 11.7 Å². The average Bonchev–Trinajstić information content (AvgIpc) is 2.71. The Labute approximate surface area is 103 Å². The molecule has 1 fully saturated rings. The highest BCUT2D eigenvalue weighted by Gasteiger charge is 2.36. The Morgan fingerprint density at radius 2 is 2.33 bits per heavy atom. The van der Waals surface area contributed by atoms with Gasteiger partial charge in [-0.25, -0.2) is 13.2 Å². The second-order valence-electron chi connectivity index (χ2n) is 4.76. The summed E-state index contributed by atoms with van der Waals surface area (Å²) in [6.45, 7) is 0.203. The van der Waals surface area contributed by atoms with E-state index in [1.807, 2.05) is 0 Å². The number of hydrogen-bond acceptors (Lipinski definition) is 1. The SMILES string of the molecule is O=C(NCC1CCCC(F)(F)C1)c1cc(F)c[nH]1. The smallest absolute Gasteiger partial charge is 0.267 e. The van der Waals surface area contributed by atoms with Crippen molar-refractivity contribution in [3.63, 3.8) is 0 Å². The van der Waals surface area contributed by atoms with Crippen LogP contribution < -0.4 is 5.32 Å². The number of carbonyl (C=O) groups is 1. The third-order valence-electron chi connectivity index (χ3n) is 3.19. The first kappa shape index (κ1) is 13.0. The van der Waals surface area contributed by atoms with E-state index in [2.05, 4.69) is 10.3 Å². The van der Waals surface area contributed by atoms with Gasteiger partial charge in [-0.15, -0.1) is 0 Å². The van der Waals surface area contributed by atoms with Crippen molar-refractivity contribution in [2.24, 2.45) is 5.92 Å². The fourth-order valence-electron chi connectivity index (χ4n) is 2.28. The molecule has 0 aromatic carbocycles. The van der Waals surface area contributed by atoms with E-state index in [1.54, 1.807) is 0 Å². The first-order valence-electron chi connectivity index (χ1n) is 5.96. The zero-order chi connectivity index (χ0) is 13.2. The zero-order valence-electron chi connectivity index (χ0n) is 9.81. The van der Waals surface area contributed by atoms with E-state index in [1.165, 1.54) is 0 Å². The van der Waals surface area contributed by atoms with Crippen molar-refractivity contribution >= 4 is 5.91 Å². The third-order valence-corrected chi connectivity index (χ3v) is 3.19. The van der Waals surface area contributed by atoms with Gasteiger partial charge in [-0.1, -0.05) is 0 Å². The highest BCUT2D eigenvalue weighted by Crippen LogP contribution is 2.36. The van der Waals surface area contributed by atoms with Gasteiger partial charge >= 0.3 is 0 Å². The van der Waals surface area contributed by atoms with Crippen LogP contribution in [-0.2, 0) is 0 Å². The summed E-state index contributed by atoms with van der Waals surface area (Å²) in [4.78, 5) is 14.0.